The topological polar surface area (TPSA) is 73.4 Å². The van der Waals surface area contributed by atoms with Gasteiger partial charge in [0, 0.05) is 5.56 Å². The van der Waals surface area contributed by atoms with E-state index in [1.54, 1.807) is 20.1 Å². The fourth-order valence-corrected chi connectivity index (χ4v) is 2.41. The summed E-state index contributed by atoms with van der Waals surface area (Å²) >= 11 is 0. The van der Waals surface area contributed by atoms with Gasteiger partial charge < -0.3 is 19.2 Å². The number of ether oxygens (including phenoxy) is 3. The second-order valence-corrected chi connectivity index (χ2v) is 5.25. The van der Waals surface area contributed by atoms with E-state index in [2.05, 4.69) is 14.7 Å². The summed E-state index contributed by atoms with van der Waals surface area (Å²) < 4.78 is 15.7. The lowest BCUT2D eigenvalue weighted by Gasteiger charge is -2.15. The van der Waals surface area contributed by atoms with Gasteiger partial charge >= 0.3 is 5.97 Å². The number of esters is 1. The first kappa shape index (κ1) is 15.9. The van der Waals surface area contributed by atoms with E-state index < -0.39 is 12.1 Å². The molecule has 0 radical (unpaired) electrons. The van der Waals surface area contributed by atoms with Crippen molar-refractivity contribution in [1.82, 2.24) is 9.97 Å². The van der Waals surface area contributed by atoms with Gasteiger partial charge in [0.25, 0.3) is 0 Å². The number of hydrogen-bond acceptors (Lipinski definition) is 5. The Kier molecular flexibility index (Phi) is 4.37. The number of aromatic nitrogens is 2. The maximum Gasteiger partial charge on any atom is 0.346 e. The van der Waals surface area contributed by atoms with E-state index in [9.17, 15) is 4.79 Å². The molecule has 0 aliphatic carbocycles. The SMILES string of the molecule is COC(=O)C(C)Oc1ccc(-c2nc3ccccc3[nH]2)cc1OC. The van der Waals surface area contributed by atoms with Crippen molar-refractivity contribution in [3.63, 3.8) is 0 Å². The Morgan fingerprint density at radius 1 is 1.12 bits per heavy atom. The standard InChI is InChI=1S/C18H18N2O4/c1-11(18(21)23-3)24-15-9-8-12(10-16(15)22-2)17-19-13-6-4-5-7-14(13)20-17/h4-11H,1-3H3,(H,19,20). The Morgan fingerprint density at radius 3 is 2.62 bits per heavy atom. The number of para-hydroxylation sites is 2. The van der Waals surface area contributed by atoms with Gasteiger partial charge in [0.15, 0.2) is 17.6 Å². The predicted octanol–water partition coefficient (Wildman–Crippen LogP) is 3.18. The zero-order chi connectivity index (χ0) is 17.1. The molecule has 0 aliphatic rings. The maximum absolute atomic E-state index is 11.5. The van der Waals surface area contributed by atoms with Crippen LogP contribution in [0.25, 0.3) is 22.4 Å². The van der Waals surface area contributed by atoms with Crippen LogP contribution in [0, 0.1) is 0 Å². The molecule has 0 saturated heterocycles. The van der Waals surface area contributed by atoms with Crippen LogP contribution >= 0.6 is 0 Å². The third-order valence-electron chi connectivity index (χ3n) is 3.66. The molecule has 0 bridgehead atoms. The largest absolute Gasteiger partial charge is 0.493 e. The van der Waals surface area contributed by atoms with Crippen molar-refractivity contribution in [2.24, 2.45) is 0 Å². The lowest BCUT2D eigenvalue weighted by Crippen LogP contribution is -2.25. The summed E-state index contributed by atoms with van der Waals surface area (Å²) in [5.74, 6) is 1.28. The molecule has 0 fully saturated rings. The molecular weight excluding hydrogens is 308 g/mol. The van der Waals surface area contributed by atoms with Crippen molar-refractivity contribution in [3.8, 4) is 22.9 Å². The summed E-state index contributed by atoms with van der Waals surface area (Å²) in [6, 6.07) is 13.2. The van der Waals surface area contributed by atoms with Crippen LogP contribution in [0.1, 0.15) is 6.92 Å². The molecule has 0 aliphatic heterocycles. The number of nitrogens with one attached hydrogen (secondary N) is 1. The molecule has 6 nitrogen and oxygen atoms in total. The van der Waals surface area contributed by atoms with Crippen LogP contribution in [-0.4, -0.2) is 36.3 Å². The molecule has 1 heterocycles. The Bertz CT molecular complexity index is 839. The molecule has 1 unspecified atom stereocenters. The molecular formula is C18H18N2O4. The number of aromatic amines is 1. The molecule has 1 aromatic heterocycles. The lowest BCUT2D eigenvalue weighted by atomic mass is 10.2. The van der Waals surface area contributed by atoms with Gasteiger partial charge in [0.05, 0.1) is 25.3 Å². The van der Waals surface area contributed by atoms with Crippen LogP contribution in [0.3, 0.4) is 0 Å². The average Bonchev–Trinajstić information content (AvgIpc) is 3.05. The summed E-state index contributed by atoms with van der Waals surface area (Å²) in [6.45, 7) is 1.62. The van der Waals surface area contributed by atoms with E-state index >= 15 is 0 Å². The Balaban J connectivity index is 1.92. The number of hydrogen-bond donors (Lipinski definition) is 1. The van der Waals surface area contributed by atoms with Gasteiger partial charge in [-0.3, -0.25) is 0 Å². The number of rotatable bonds is 5. The number of methoxy groups -OCH3 is 2. The fraction of sp³-hybridized carbons (Fsp3) is 0.222. The number of benzene rings is 2. The van der Waals surface area contributed by atoms with Crippen LogP contribution in [0.4, 0.5) is 0 Å². The molecule has 0 spiro atoms. The Hall–Kier alpha value is -3.02. The summed E-state index contributed by atoms with van der Waals surface area (Å²) in [6.07, 6.45) is -0.721. The van der Waals surface area contributed by atoms with Gasteiger partial charge in [-0.1, -0.05) is 12.1 Å². The molecule has 3 rings (SSSR count). The summed E-state index contributed by atoms with van der Waals surface area (Å²) in [5, 5.41) is 0. The molecule has 6 heteroatoms. The molecule has 1 N–H and O–H groups in total. The second-order valence-electron chi connectivity index (χ2n) is 5.25. The van der Waals surface area contributed by atoms with Crippen molar-refractivity contribution in [2.75, 3.05) is 14.2 Å². The van der Waals surface area contributed by atoms with E-state index in [-0.39, 0.29) is 0 Å². The van der Waals surface area contributed by atoms with Crippen LogP contribution in [0.15, 0.2) is 42.5 Å². The van der Waals surface area contributed by atoms with Crippen molar-refractivity contribution < 1.29 is 19.0 Å². The minimum atomic E-state index is -0.721. The minimum absolute atomic E-state index is 0.446. The zero-order valence-corrected chi connectivity index (χ0v) is 13.7. The minimum Gasteiger partial charge on any atom is -0.493 e. The number of imidazole rings is 1. The molecule has 24 heavy (non-hydrogen) atoms. The molecule has 0 saturated carbocycles. The van der Waals surface area contributed by atoms with E-state index in [1.807, 2.05) is 36.4 Å². The molecule has 3 aromatic rings. The summed E-state index contributed by atoms with van der Waals surface area (Å²) in [7, 11) is 2.87. The lowest BCUT2D eigenvalue weighted by molar-refractivity contribution is -0.147. The highest BCUT2D eigenvalue weighted by Crippen LogP contribution is 2.33. The van der Waals surface area contributed by atoms with E-state index in [4.69, 9.17) is 9.47 Å². The van der Waals surface area contributed by atoms with Gasteiger partial charge in [-0.25, -0.2) is 9.78 Å². The van der Waals surface area contributed by atoms with Crippen molar-refractivity contribution >= 4 is 17.0 Å². The van der Waals surface area contributed by atoms with E-state index in [1.165, 1.54) is 7.11 Å². The van der Waals surface area contributed by atoms with Crippen LogP contribution < -0.4 is 9.47 Å². The van der Waals surface area contributed by atoms with Gasteiger partial charge in [0.1, 0.15) is 5.82 Å². The van der Waals surface area contributed by atoms with Crippen LogP contribution in [-0.2, 0) is 9.53 Å². The van der Waals surface area contributed by atoms with Gasteiger partial charge in [-0.2, -0.15) is 0 Å². The fourth-order valence-electron chi connectivity index (χ4n) is 2.41. The molecule has 2 aromatic carbocycles. The predicted molar refractivity (Wildman–Crippen MR) is 90.2 cm³/mol. The zero-order valence-electron chi connectivity index (χ0n) is 13.7. The van der Waals surface area contributed by atoms with Crippen molar-refractivity contribution in [2.45, 2.75) is 13.0 Å². The average molecular weight is 326 g/mol. The Labute approximate surface area is 139 Å². The first-order valence-electron chi connectivity index (χ1n) is 7.50. The van der Waals surface area contributed by atoms with Gasteiger partial charge in [-0.05, 0) is 37.3 Å². The highest BCUT2D eigenvalue weighted by molar-refractivity contribution is 5.79. The monoisotopic (exact) mass is 326 g/mol. The van der Waals surface area contributed by atoms with Gasteiger partial charge in [-0.15, -0.1) is 0 Å². The molecule has 124 valence electrons. The second kappa shape index (κ2) is 6.62. The van der Waals surface area contributed by atoms with E-state index in [0.717, 1.165) is 22.4 Å². The highest BCUT2D eigenvalue weighted by atomic mass is 16.6. The van der Waals surface area contributed by atoms with Crippen LogP contribution in [0.2, 0.25) is 0 Å². The third kappa shape index (κ3) is 3.03. The maximum atomic E-state index is 11.5. The quantitative estimate of drug-likeness (QED) is 0.729. The van der Waals surface area contributed by atoms with Crippen molar-refractivity contribution in [3.05, 3.63) is 42.5 Å². The first-order chi connectivity index (χ1) is 11.6. The smallest absolute Gasteiger partial charge is 0.346 e. The molecule has 0 amide bonds. The number of nitrogens with zero attached hydrogens (tertiary/aromatic N) is 1. The summed E-state index contributed by atoms with van der Waals surface area (Å²) in [4.78, 5) is 19.3. The Morgan fingerprint density at radius 2 is 1.92 bits per heavy atom. The third-order valence-corrected chi connectivity index (χ3v) is 3.66. The number of fused-ring (bicyclic) bond motifs is 1. The van der Waals surface area contributed by atoms with Crippen LogP contribution in [0.5, 0.6) is 11.5 Å². The number of H-pyrrole nitrogens is 1. The number of carbonyl (C=O) groups excluding carboxylic acids is 1. The highest BCUT2D eigenvalue weighted by Gasteiger charge is 2.18. The summed E-state index contributed by atoms with van der Waals surface area (Å²) in [5.41, 5.74) is 2.72. The van der Waals surface area contributed by atoms with Gasteiger partial charge in [0.2, 0.25) is 0 Å². The normalized spacial score (nSPS) is 12.0. The number of carbonyl (C=O) groups is 1. The van der Waals surface area contributed by atoms with E-state index in [0.29, 0.717) is 11.5 Å². The molecule has 1 atom stereocenters. The first-order valence-corrected chi connectivity index (χ1v) is 7.50. The van der Waals surface area contributed by atoms with Crippen molar-refractivity contribution in [1.29, 1.82) is 0 Å².